The second-order valence-corrected chi connectivity index (χ2v) is 5.66. The molecule has 0 bridgehead atoms. The van der Waals surface area contributed by atoms with E-state index in [0.29, 0.717) is 11.8 Å². The molecule has 5 nitrogen and oxygen atoms in total. The van der Waals surface area contributed by atoms with Gasteiger partial charge in [-0.2, -0.15) is 8.42 Å². The predicted octanol–water partition coefficient (Wildman–Crippen LogP) is 2.28. The summed E-state index contributed by atoms with van der Waals surface area (Å²) >= 11 is 0. The van der Waals surface area contributed by atoms with Crippen LogP contribution >= 0.6 is 0 Å². The number of benzene rings is 2. The molecule has 2 aromatic carbocycles. The first kappa shape index (κ1) is 14.1. The molecule has 6 heteroatoms. The minimum atomic E-state index is -4.12. The number of rotatable bonds is 4. The van der Waals surface area contributed by atoms with Crippen molar-refractivity contribution < 1.29 is 22.5 Å². The molecule has 0 saturated carbocycles. The topological polar surface area (TPSA) is 80.7 Å². The van der Waals surface area contributed by atoms with Gasteiger partial charge < -0.3 is 9.29 Å². The first-order valence-electron chi connectivity index (χ1n) is 5.72. The number of aromatic hydroxyl groups is 1. The number of hydrogen-bond donors (Lipinski definition) is 1. The third-order valence-electron chi connectivity index (χ3n) is 2.69. The van der Waals surface area contributed by atoms with Crippen molar-refractivity contribution in [2.45, 2.75) is 11.8 Å². The number of phenols is 1. The van der Waals surface area contributed by atoms with E-state index in [9.17, 15) is 18.3 Å². The minimum Gasteiger partial charge on any atom is -0.508 e. The Morgan fingerprint density at radius 3 is 2.55 bits per heavy atom. The second kappa shape index (κ2) is 5.34. The summed E-state index contributed by atoms with van der Waals surface area (Å²) in [5.41, 5.74) is 0.570. The molecular weight excluding hydrogens is 280 g/mol. The Hall–Kier alpha value is -2.34. The van der Waals surface area contributed by atoms with Crippen LogP contribution in [0.2, 0.25) is 0 Å². The van der Waals surface area contributed by atoms with Crippen molar-refractivity contribution in [3.05, 3.63) is 53.6 Å². The smallest absolute Gasteiger partial charge is 0.339 e. The Morgan fingerprint density at radius 2 is 1.85 bits per heavy atom. The Labute approximate surface area is 116 Å². The van der Waals surface area contributed by atoms with E-state index in [2.05, 4.69) is 0 Å². The van der Waals surface area contributed by atoms with Crippen molar-refractivity contribution in [2.75, 3.05) is 0 Å². The zero-order valence-electron chi connectivity index (χ0n) is 10.6. The molecule has 20 heavy (non-hydrogen) atoms. The Kier molecular flexibility index (Phi) is 3.76. The molecule has 2 aromatic rings. The maximum absolute atomic E-state index is 12.2. The van der Waals surface area contributed by atoms with E-state index in [1.165, 1.54) is 24.3 Å². The molecule has 0 aliphatic rings. The quantitative estimate of drug-likeness (QED) is 0.690. The van der Waals surface area contributed by atoms with Crippen LogP contribution in [0.4, 0.5) is 0 Å². The summed E-state index contributed by atoms with van der Waals surface area (Å²) in [6.07, 6.45) is 0.514. The zero-order valence-corrected chi connectivity index (χ0v) is 11.4. The first-order chi connectivity index (χ1) is 9.44. The maximum Gasteiger partial charge on any atom is 0.339 e. The van der Waals surface area contributed by atoms with Crippen molar-refractivity contribution in [3.8, 4) is 11.5 Å². The van der Waals surface area contributed by atoms with Gasteiger partial charge in [-0.15, -0.1) is 0 Å². The predicted molar refractivity (Wildman–Crippen MR) is 72.5 cm³/mol. The van der Waals surface area contributed by atoms with E-state index in [1.807, 2.05) is 0 Å². The van der Waals surface area contributed by atoms with Crippen LogP contribution in [-0.4, -0.2) is 19.8 Å². The first-order valence-corrected chi connectivity index (χ1v) is 7.13. The summed E-state index contributed by atoms with van der Waals surface area (Å²) in [4.78, 5) is 10.7. The highest BCUT2D eigenvalue weighted by atomic mass is 32.2. The molecule has 0 atom stereocenters. The van der Waals surface area contributed by atoms with E-state index in [-0.39, 0.29) is 22.0 Å². The highest BCUT2D eigenvalue weighted by Gasteiger charge is 2.21. The van der Waals surface area contributed by atoms with Crippen LogP contribution in [0.3, 0.4) is 0 Å². The summed E-state index contributed by atoms with van der Waals surface area (Å²) in [5.74, 6) is -0.230. The van der Waals surface area contributed by atoms with Gasteiger partial charge in [0.1, 0.15) is 10.6 Å². The van der Waals surface area contributed by atoms with Crippen LogP contribution in [0.25, 0.3) is 0 Å². The van der Waals surface area contributed by atoms with E-state index in [1.54, 1.807) is 19.1 Å². The van der Waals surface area contributed by atoms with Crippen molar-refractivity contribution >= 4 is 16.4 Å². The maximum atomic E-state index is 12.2. The number of phenolic OH excluding ortho intramolecular Hbond substituents is 1. The molecule has 0 heterocycles. The summed E-state index contributed by atoms with van der Waals surface area (Å²) in [7, 11) is -4.12. The third kappa shape index (κ3) is 2.80. The Bertz CT molecular complexity index is 750. The molecule has 0 aliphatic heterocycles. The van der Waals surface area contributed by atoms with Crippen molar-refractivity contribution in [1.29, 1.82) is 0 Å². The lowest BCUT2D eigenvalue weighted by Crippen LogP contribution is -2.12. The Morgan fingerprint density at radius 1 is 1.15 bits per heavy atom. The number of para-hydroxylation sites is 1. The van der Waals surface area contributed by atoms with Crippen LogP contribution in [0.5, 0.6) is 11.5 Å². The van der Waals surface area contributed by atoms with Crippen molar-refractivity contribution in [2.24, 2.45) is 0 Å². The standard InChI is InChI=1S/C14H12O5S/c1-10-6-7-12(16)8-14(10)20(17,18)19-13-5-3-2-4-11(13)9-15/h2-9,16H,1H3. The lowest BCUT2D eigenvalue weighted by Gasteiger charge is -2.10. The van der Waals surface area contributed by atoms with Gasteiger partial charge in [-0.1, -0.05) is 18.2 Å². The van der Waals surface area contributed by atoms with Crippen molar-refractivity contribution in [3.63, 3.8) is 0 Å². The third-order valence-corrected chi connectivity index (χ3v) is 4.06. The molecule has 0 saturated heterocycles. The van der Waals surface area contributed by atoms with E-state index < -0.39 is 10.1 Å². The van der Waals surface area contributed by atoms with Gasteiger partial charge in [-0.05, 0) is 30.7 Å². The monoisotopic (exact) mass is 292 g/mol. The summed E-state index contributed by atoms with van der Waals surface area (Å²) < 4.78 is 29.4. The fourth-order valence-corrected chi connectivity index (χ4v) is 2.88. The van der Waals surface area contributed by atoms with Gasteiger partial charge in [0.05, 0.1) is 5.56 Å². The van der Waals surface area contributed by atoms with Crippen LogP contribution in [0, 0.1) is 6.92 Å². The van der Waals surface area contributed by atoms with Gasteiger partial charge in [0.2, 0.25) is 0 Å². The molecule has 1 N–H and O–H groups in total. The molecule has 0 aliphatic carbocycles. The molecule has 0 unspecified atom stereocenters. The zero-order chi connectivity index (χ0) is 14.8. The molecule has 0 fully saturated rings. The van der Waals surface area contributed by atoms with Crippen LogP contribution in [0.1, 0.15) is 15.9 Å². The van der Waals surface area contributed by atoms with Gasteiger partial charge >= 0.3 is 10.1 Å². The average molecular weight is 292 g/mol. The number of aldehydes is 1. The van der Waals surface area contributed by atoms with E-state index in [4.69, 9.17) is 4.18 Å². The Balaban J connectivity index is 2.46. The van der Waals surface area contributed by atoms with Gasteiger partial charge in [-0.25, -0.2) is 0 Å². The summed E-state index contributed by atoms with van der Waals surface area (Å²) in [6, 6.07) is 9.96. The fourth-order valence-electron chi connectivity index (χ4n) is 1.67. The number of hydrogen-bond acceptors (Lipinski definition) is 5. The van der Waals surface area contributed by atoms with Gasteiger partial charge in [-0.3, -0.25) is 4.79 Å². The number of aryl methyl sites for hydroxylation is 1. The van der Waals surface area contributed by atoms with E-state index in [0.717, 1.165) is 6.07 Å². The summed E-state index contributed by atoms with van der Waals surface area (Å²) in [6.45, 7) is 1.58. The average Bonchev–Trinajstić information content (AvgIpc) is 2.41. The van der Waals surface area contributed by atoms with Gasteiger partial charge in [0, 0.05) is 6.07 Å². The molecule has 0 aromatic heterocycles. The number of carbonyl (C=O) groups excluding carboxylic acids is 1. The van der Waals surface area contributed by atoms with Gasteiger partial charge in [0.15, 0.2) is 12.0 Å². The van der Waals surface area contributed by atoms with Crippen LogP contribution in [-0.2, 0) is 10.1 Å². The van der Waals surface area contributed by atoms with E-state index >= 15 is 0 Å². The highest BCUT2D eigenvalue weighted by Crippen LogP contribution is 2.26. The molecule has 2 rings (SSSR count). The lowest BCUT2D eigenvalue weighted by molar-refractivity contribution is 0.112. The lowest BCUT2D eigenvalue weighted by atomic mass is 10.2. The molecule has 0 radical (unpaired) electrons. The van der Waals surface area contributed by atoms with Crippen LogP contribution in [0.15, 0.2) is 47.4 Å². The summed E-state index contributed by atoms with van der Waals surface area (Å²) in [5, 5.41) is 9.39. The molecular formula is C14H12O5S. The SMILES string of the molecule is Cc1ccc(O)cc1S(=O)(=O)Oc1ccccc1C=O. The van der Waals surface area contributed by atoms with Crippen LogP contribution < -0.4 is 4.18 Å². The largest absolute Gasteiger partial charge is 0.508 e. The molecule has 0 spiro atoms. The fraction of sp³-hybridized carbons (Fsp3) is 0.0714. The van der Waals surface area contributed by atoms with Crippen molar-refractivity contribution in [1.82, 2.24) is 0 Å². The molecule has 104 valence electrons. The second-order valence-electron chi connectivity index (χ2n) is 4.14. The molecule has 0 amide bonds. The normalized spacial score (nSPS) is 11.1. The van der Waals surface area contributed by atoms with Gasteiger partial charge in [0.25, 0.3) is 0 Å². The number of carbonyl (C=O) groups is 1. The highest BCUT2D eigenvalue weighted by molar-refractivity contribution is 7.87. The minimum absolute atomic E-state index is 0.0507.